The van der Waals surface area contributed by atoms with Crippen LogP contribution in [0, 0.1) is 0 Å². The Bertz CT molecular complexity index is 954. The third-order valence-electron chi connectivity index (χ3n) is 5.48. The molecule has 6 nitrogen and oxygen atoms in total. The van der Waals surface area contributed by atoms with Gasteiger partial charge in [-0.1, -0.05) is 31.2 Å². The fourth-order valence-electron chi connectivity index (χ4n) is 3.81. The van der Waals surface area contributed by atoms with Crippen LogP contribution >= 0.6 is 11.8 Å². The molecule has 0 radical (unpaired) electrons. The van der Waals surface area contributed by atoms with Crippen LogP contribution in [-0.4, -0.2) is 47.5 Å². The molecule has 3 amide bonds. The average Bonchev–Trinajstić information content (AvgIpc) is 3.30. The summed E-state index contributed by atoms with van der Waals surface area (Å²) < 4.78 is 0. The van der Waals surface area contributed by atoms with Gasteiger partial charge in [0, 0.05) is 23.7 Å². The van der Waals surface area contributed by atoms with E-state index in [1.807, 2.05) is 48.5 Å². The predicted octanol–water partition coefficient (Wildman–Crippen LogP) is 3.32. The normalized spacial score (nSPS) is 18.3. The van der Waals surface area contributed by atoms with E-state index in [1.54, 1.807) is 4.90 Å². The van der Waals surface area contributed by atoms with Crippen LogP contribution in [0.2, 0.25) is 0 Å². The Morgan fingerprint density at radius 2 is 1.77 bits per heavy atom. The number of amides is 3. The van der Waals surface area contributed by atoms with Crippen LogP contribution in [0.5, 0.6) is 0 Å². The molecule has 0 aromatic heterocycles. The second-order valence-corrected chi connectivity index (χ2v) is 8.67. The number of nitrogens with zero attached hydrogens (tertiary/aromatic N) is 2. The van der Waals surface area contributed by atoms with Gasteiger partial charge in [0.15, 0.2) is 5.25 Å². The third-order valence-corrected chi connectivity index (χ3v) is 6.72. The zero-order valence-corrected chi connectivity index (χ0v) is 17.8. The average molecular weight is 424 g/mol. The van der Waals surface area contributed by atoms with Crippen LogP contribution in [0.4, 0.5) is 11.4 Å². The van der Waals surface area contributed by atoms with Crippen molar-refractivity contribution in [1.29, 1.82) is 0 Å². The summed E-state index contributed by atoms with van der Waals surface area (Å²) in [6.45, 7) is 3.33. The Morgan fingerprint density at radius 3 is 2.47 bits per heavy atom. The number of nitrogens with one attached hydrogen (secondary N) is 1. The van der Waals surface area contributed by atoms with Crippen molar-refractivity contribution in [2.24, 2.45) is 0 Å². The molecule has 1 atom stereocenters. The summed E-state index contributed by atoms with van der Waals surface area (Å²) in [6.07, 6.45) is 2.87. The molecule has 2 aliphatic rings. The fraction of sp³-hybridized carbons (Fsp3) is 0.348. The van der Waals surface area contributed by atoms with E-state index in [0.717, 1.165) is 24.2 Å². The Kier molecular flexibility index (Phi) is 6.08. The number of aryl methyl sites for hydroxylation is 1. The number of carbonyl (C=O) groups excluding carboxylic acids is 3. The van der Waals surface area contributed by atoms with Crippen molar-refractivity contribution >= 4 is 40.9 Å². The summed E-state index contributed by atoms with van der Waals surface area (Å²) >= 11 is 1.28. The lowest BCUT2D eigenvalue weighted by Crippen LogP contribution is -2.51. The van der Waals surface area contributed by atoms with E-state index in [4.69, 9.17) is 0 Å². The summed E-state index contributed by atoms with van der Waals surface area (Å²) in [4.78, 5) is 43.0. The van der Waals surface area contributed by atoms with Crippen LogP contribution < -0.4 is 10.2 Å². The number of thioether (sulfide) groups is 1. The Morgan fingerprint density at radius 1 is 1.07 bits per heavy atom. The molecule has 1 fully saturated rings. The van der Waals surface area contributed by atoms with Gasteiger partial charge in [0.25, 0.3) is 5.91 Å². The quantitative estimate of drug-likeness (QED) is 0.749. The minimum absolute atomic E-state index is 0.129. The van der Waals surface area contributed by atoms with Crippen molar-refractivity contribution in [3.05, 3.63) is 54.1 Å². The molecule has 1 unspecified atom stereocenters. The molecule has 2 heterocycles. The lowest BCUT2D eigenvalue weighted by atomic mass is 10.1. The molecule has 0 aliphatic carbocycles. The van der Waals surface area contributed by atoms with Crippen LogP contribution in [0.1, 0.15) is 25.3 Å². The first-order chi connectivity index (χ1) is 14.6. The van der Waals surface area contributed by atoms with E-state index in [-0.39, 0.29) is 24.3 Å². The predicted molar refractivity (Wildman–Crippen MR) is 119 cm³/mol. The smallest absolute Gasteiger partial charge is 0.250 e. The number of anilines is 2. The topological polar surface area (TPSA) is 69.7 Å². The van der Waals surface area contributed by atoms with E-state index in [2.05, 4.69) is 12.2 Å². The Hall–Kier alpha value is -2.80. The van der Waals surface area contributed by atoms with Crippen molar-refractivity contribution in [3.8, 4) is 0 Å². The Labute approximate surface area is 180 Å². The summed E-state index contributed by atoms with van der Waals surface area (Å²) in [7, 11) is 0. The molecular weight excluding hydrogens is 398 g/mol. The molecule has 2 aliphatic heterocycles. The van der Waals surface area contributed by atoms with Crippen molar-refractivity contribution in [2.45, 2.75) is 36.3 Å². The lowest BCUT2D eigenvalue weighted by Gasteiger charge is -2.34. The minimum atomic E-state index is -0.838. The van der Waals surface area contributed by atoms with Crippen LogP contribution in [0.25, 0.3) is 0 Å². The number of fused-ring (bicyclic) bond motifs is 1. The van der Waals surface area contributed by atoms with Crippen LogP contribution in [0.15, 0.2) is 53.4 Å². The van der Waals surface area contributed by atoms with Gasteiger partial charge in [-0.05, 0) is 49.1 Å². The van der Waals surface area contributed by atoms with E-state index in [0.29, 0.717) is 24.5 Å². The molecule has 2 aromatic carbocycles. The van der Waals surface area contributed by atoms with Gasteiger partial charge in [0.2, 0.25) is 11.8 Å². The van der Waals surface area contributed by atoms with Gasteiger partial charge in [-0.15, -0.1) is 11.8 Å². The molecule has 156 valence electrons. The van der Waals surface area contributed by atoms with Gasteiger partial charge >= 0.3 is 0 Å². The molecule has 1 N–H and O–H groups in total. The summed E-state index contributed by atoms with van der Waals surface area (Å²) in [5.41, 5.74) is 2.55. The summed E-state index contributed by atoms with van der Waals surface area (Å²) in [5.74, 6) is -0.772. The fourth-order valence-corrected chi connectivity index (χ4v) is 5.00. The zero-order valence-electron chi connectivity index (χ0n) is 17.0. The molecule has 4 rings (SSSR count). The number of rotatable bonds is 5. The molecule has 0 spiro atoms. The van der Waals surface area contributed by atoms with Crippen molar-refractivity contribution in [3.63, 3.8) is 0 Å². The highest BCUT2D eigenvalue weighted by atomic mass is 32.2. The first kappa shape index (κ1) is 20.5. The van der Waals surface area contributed by atoms with Crippen molar-refractivity contribution in [2.75, 3.05) is 29.9 Å². The lowest BCUT2D eigenvalue weighted by molar-refractivity contribution is -0.134. The molecule has 0 bridgehead atoms. The maximum atomic E-state index is 13.2. The first-order valence-electron chi connectivity index (χ1n) is 10.3. The Balaban J connectivity index is 1.53. The van der Waals surface area contributed by atoms with Gasteiger partial charge in [0.05, 0.1) is 5.69 Å². The standard InChI is InChI=1S/C23H25N3O3S/c1-2-16-9-11-17(12-10-16)24-20(27)15-26-18-7-3-4-8-19(18)30-21(23(26)29)22(28)25-13-5-6-14-25/h3-4,7-12,21H,2,5-6,13-15H2,1H3,(H,24,27). The van der Waals surface area contributed by atoms with E-state index >= 15 is 0 Å². The number of carbonyl (C=O) groups is 3. The SMILES string of the molecule is CCc1ccc(NC(=O)CN2C(=O)C(C(=O)N3CCCC3)Sc3ccccc32)cc1. The monoisotopic (exact) mass is 423 g/mol. The highest BCUT2D eigenvalue weighted by molar-refractivity contribution is 8.01. The molecule has 1 saturated heterocycles. The van der Waals surface area contributed by atoms with Crippen LogP contribution in [-0.2, 0) is 20.8 Å². The highest BCUT2D eigenvalue weighted by Gasteiger charge is 2.41. The first-order valence-corrected chi connectivity index (χ1v) is 11.2. The van der Waals surface area contributed by atoms with Crippen molar-refractivity contribution < 1.29 is 14.4 Å². The summed E-state index contributed by atoms with van der Waals surface area (Å²) in [6, 6.07) is 15.1. The zero-order chi connectivity index (χ0) is 21.1. The largest absolute Gasteiger partial charge is 0.341 e. The van der Waals surface area contributed by atoms with Crippen LogP contribution in [0.3, 0.4) is 0 Å². The second kappa shape index (κ2) is 8.92. The molecule has 7 heteroatoms. The third kappa shape index (κ3) is 4.21. The number of hydrogen-bond donors (Lipinski definition) is 1. The van der Waals surface area contributed by atoms with Gasteiger partial charge < -0.3 is 15.1 Å². The molecular formula is C23H25N3O3S. The number of para-hydroxylation sites is 1. The number of benzene rings is 2. The molecule has 2 aromatic rings. The number of hydrogen-bond acceptors (Lipinski definition) is 4. The van der Waals surface area contributed by atoms with E-state index in [9.17, 15) is 14.4 Å². The second-order valence-electron chi connectivity index (χ2n) is 7.52. The summed E-state index contributed by atoms with van der Waals surface area (Å²) in [5, 5.41) is 2.02. The van der Waals surface area contributed by atoms with Crippen molar-refractivity contribution in [1.82, 2.24) is 4.90 Å². The van der Waals surface area contributed by atoms with E-state index < -0.39 is 5.25 Å². The molecule has 0 saturated carbocycles. The van der Waals surface area contributed by atoms with Gasteiger partial charge in [-0.2, -0.15) is 0 Å². The van der Waals surface area contributed by atoms with Gasteiger partial charge in [0.1, 0.15) is 6.54 Å². The maximum absolute atomic E-state index is 13.2. The minimum Gasteiger partial charge on any atom is -0.341 e. The van der Waals surface area contributed by atoms with Gasteiger partial charge in [-0.3, -0.25) is 14.4 Å². The van der Waals surface area contributed by atoms with E-state index in [1.165, 1.54) is 22.2 Å². The highest BCUT2D eigenvalue weighted by Crippen LogP contribution is 2.40. The van der Waals surface area contributed by atoms with Gasteiger partial charge in [-0.25, -0.2) is 0 Å². The maximum Gasteiger partial charge on any atom is 0.250 e. The number of likely N-dealkylation sites (tertiary alicyclic amines) is 1. The molecule has 30 heavy (non-hydrogen) atoms.